The molecule has 3 aromatic rings. The van der Waals surface area contributed by atoms with Crippen molar-refractivity contribution in [3.8, 4) is 11.3 Å². The highest BCUT2D eigenvalue weighted by molar-refractivity contribution is 6.35. The molecule has 1 aliphatic rings. The fourth-order valence-corrected chi connectivity index (χ4v) is 3.67. The van der Waals surface area contributed by atoms with Crippen molar-refractivity contribution < 1.29 is 4.79 Å². The summed E-state index contributed by atoms with van der Waals surface area (Å²) in [5.74, 6) is 1.11. The summed E-state index contributed by atoms with van der Waals surface area (Å²) in [4.78, 5) is 25.0. The SMILES string of the molecule is CC(C)=CC(=O)N1CCN(c2nc3nccc(-c4cc(Cl)ccc4Cl)n3n2)CC1. The molecule has 1 saturated heterocycles. The number of rotatable bonds is 3. The van der Waals surface area contributed by atoms with E-state index < -0.39 is 0 Å². The van der Waals surface area contributed by atoms with E-state index in [1.165, 1.54) is 0 Å². The minimum atomic E-state index is 0.0483. The van der Waals surface area contributed by atoms with Gasteiger partial charge in [-0.1, -0.05) is 28.8 Å². The molecule has 9 heteroatoms. The summed E-state index contributed by atoms with van der Waals surface area (Å²) in [7, 11) is 0. The van der Waals surface area contributed by atoms with Crippen molar-refractivity contribution in [2.45, 2.75) is 13.8 Å². The van der Waals surface area contributed by atoms with E-state index in [0.717, 1.165) is 16.8 Å². The lowest BCUT2D eigenvalue weighted by atomic mass is 10.1. The monoisotopic (exact) mass is 430 g/mol. The van der Waals surface area contributed by atoms with E-state index in [1.54, 1.807) is 35.0 Å². The number of amides is 1. The number of carbonyl (C=O) groups excluding carboxylic acids is 1. The number of piperazine rings is 1. The third-order valence-corrected chi connectivity index (χ3v) is 5.28. The maximum Gasteiger partial charge on any atom is 0.254 e. The highest BCUT2D eigenvalue weighted by atomic mass is 35.5. The first-order chi connectivity index (χ1) is 13.9. The average molecular weight is 431 g/mol. The summed E-state index contributed by atoms with van der Waals surface area (Å²) in [6, 6.07) is 7.13. The Morgan fingerprint density at radius 1 is 1.10 bits per heavy atom. The van der Waals surface area contributed by atoms with Gasteiger partial charge in [0, 0.05) is 49.0 Å². The van der Waals surface area contributed by atoms with Gasteiger partial charge in [0.15, 0.2) is 0 Å². The second-order valence-corrected chi connectivity index (χ2v) is 7.96. The Bertz CT molecular complexity index is 1100. The lowest BCUT2D eigenvalue weighted by Crippen LogP contribution is -2.48. The number of halogens is 2. The first kappa shape index (κ1) is 19.7. The molecule has 0 aliphatic carbocycles. The standard InChI is InChI=1S/C20H20Cl2N6O/c1-13(2)11-18(29)26-7-9-27(10-8-26)20-24-19-23-6-5-17(28(19)25-20)15-12-14(21)3-4-16(15)22/h3-6,11-12H,7-10H2,1-2H3. The van der Waals surface area contributed by atoms with Crippen molar-refractivity contribution in [1.29, 1.82) is 0 Å². The molecule has 1 fully saturated rings. The summed E-state index contributed by atoms with van der Waals surface area (Å²) in [6.45, 7) is 6.41. The van der Waals surface area contributed by atoms with Crippen molar-refractivity contribution in [1.82, 2.24) is 24.5 Å². The van der Waals surface area contributed by atoms with Crippen LogP contribution in [-0.4, -0.2) is 56.6 Å². The topological polar surface area (TPSA) is 66.6 Å². The molecule has 4 rings (SSSR count). The van der Waals surface area contributed by atoms with E-state index >= 15 is 0 Å². The second-order valence-electron chi connectivity index (χ2n) is 7.11. The Morgan fingerprint density at radius 2 is 1.86 bits per heavy atom. The smallest absolute Gasteiger partial charge is 0.254 e. The van der Waals surface area contributed by atoms with E-state index in [0.29, 0.717) is 48.0 Å². The number of nitrogens with zero attached hydrogens (tertiary/aromatic N) is 6. The van der Waals surface area contributed by atoms with Gasteiger partial charge in [-0.15, -0.1) is 5.10 Å². The van der Waals surface area contributed by atoms with Crippen LogP contribution in [0.3, 0.4) is 0 Å². The van der Waals surface area contributed by atoms with E-state index in [-0.39, 0.29) is 5.91 Å². The maximum atomic E-state index is 12.2. The molecule has 1 amide bonds. The quantitative estimate of drug-likeness (QED) is 0.592. The molecule has 150 valence electrons. The van der Waals surface area contributed by atoms with Crippen molar-refractivity contribution in [3.63, 3.8) is 0 Å². The number of allylic oxidation sites excluding steroid dienone is 1. The van der Waals surface area contributed by atoms with Gasteiger partial charge in [0.1, 0.15) is 0 Å². The number of anilines is 1. The number of aromatic nitrogens is 4. The fourth-order valence-electron chi connectivity index (χ4n) is 3.28. The van der Waals surface area contributed by atoms with Crippen LogP contribution in [0.1, 0.15) is 13.8 Å². The fraction of sp³-hybridized carbons (Fsp3) is 0.300. The molecule has 1 aliphatic heterocycles. The molecule has 3 heterocycles. The van der Waals surface area contributed by atoms with Gasteiger partial charge in [-0.2, -0.15) is 9.50 Å². The average Bonchev–Trinajstić information content (AvgIpc) is 3.14. The van der Waals surface area contributed by atoms with E-state index in [4.69, 9.17) is 23.2 Å². The Hall–Kier alpha value is -2.64. The molecule has 0 saturated carbocycles. The van der Waals surface area contributed by atoms with Gasteiger partial charge in [0.2, 0.25) is 11.9 Å². The van der Waals surface area contributed by atoms with Crippen LogP contribution >= 0.6 is 23.2 Å². The first-order valence-corrected chi connectivity index (χ1v) is 10.0. The molecule has 2 aromatic heterocycles. The van der Waals surface area contributed by atoms with Gasteiger partial charge in [-0.05, 0) is 38.1 Å². The van der Waals surface area contributed by atoms with Crippen molar-refractivity contribution in [2.24, 2.45) is 0 Å². The number of fused-ring (bicyclic) bond motifs is 1. The normalized spacial score (nSPS) is 14.3. The zero-order valence-corrected chi connectivity index (χ0v) is 17.7. The molecule has 7 nitrogen and oxygen atoms in total. The molecule has 0 atom stereocenters. The predicted octanol–water partition coefficient (Wildman–Crippen LogP) is 3.71. The highest BCUT2D eigenvalue weighted by Crippen LogP contribution is 2.30. The van der Waals surface area contributed by atoms with Gasteiger partial charge in [0.25, 0.3) is 5.78 Å². The first-order valence-electron chi connectivity index (χ1n) is 9.28. The van der Waals surface area contributed by atoms with Crippen LogP contribution in [0.25, 0.3) is 17.0 Å². The summed E-state index contributed by atoms with van der Waals surface area (Å²) in [6.07, 6.45) is 3.35. The van der Waals surface area contributed by atoms with Crippen molar-refractivity contribution in [2.75, 3.05) is 31.1 Å². The lowest BCUT2D eigenvalue weighted by Gasteiger charge is -2.33. The third kappa shape index (κ3) is 4.06. The second kappa shape index (κ2) is 8.00. The minimum Gasteiger partial charge on any atom is -0.336 e. The molecule has 0 spiro atoms. The highest BCUT2D eigenvalue weighted by Gasteiger charge is 2.23. The lowest BCUT2D eigenvalue weighted by molar-refractivity contribution is -0.126. The Kier molecular flexibility index (Phi) is 5.43. The van der Waals surface area contributed by atoms with Crippen LogP contribution in [0.2, 0.25) is 10.0 Å². The number of carbonyl (C=O) groups is 1. The third-order valence-electron chi connectivity index (χ3n) is 4.72. The van der Waals surface area contributed by atoms with Gasteiger partial charge in [-0.3, -0.25) is 4.79 Å². The summed E-state index contributed by atoms with van der Waals surface area (Å²) >= 11 is 12.5. The van der Waals surface area contributed by atoms with Gasteiger partial charge in [-0.25, -0.2) is 4.98 Å². The van der Waals surface area contributed by atoms with Crippen LogP contribution < -0.4 is 4.90 Å². The molecular formula is C20H20Cl2N6O. The Labute approximate surface area is 178 Å². The zero-order valence-electron chi connectivity index (χ0n) is 16.1. The Morgan fingerprint density at radius 3 is 2.59 bits per heavy atom. The molecule has 0 N–H and O–H groups in total. The van der Waals surface area contributed by atoms with Gasteiger partial charge in [0.05, 0.1) is 10.7 Å². The number of benzene rings is 1. The van der Waals surface area contributed by atoms with E-state index in [2.05, 4.69) is 20.0 Å². The zero-order chi connectivity index (χ0) is 20.5. The molecule has 0 unspecified atom stereocenters. The van der Waals surface area contributed by atoms with Crippen molar-refractivity contribution in [3.05, 3.63) is 52.2 Å². The van der Waals surface area contributed by atoms with Crippen LogP contribution in [0.4, 0.5) is 5.95 Å². The van der Waals surface area contributed by atoms with Crippen LogP contribution in [0.15, 0.2) is 42.1 Å². The molecule has 0 radical (unpaired) electrons. The minimum absolute atomic E-state index is 0.0483. The van der Waals surface area contributed by atoms with Crippen molar-refractivity contribution >= 4 is 40.8 Å². The maximum absolute atomic E-state index is 12.2. The van der Waals surface area contributed by atoms with E-state index in [1.807, 2.05) is 24.8 Å². The van der Waals surface area contributed by atoms with E-state index in [9.17, 15) is 4.79 Å². The number of hydrogen-bond donors (Lipinski definition) is 0. The van der Waals surface area contributed by atoms with Gasteiger partial charge >= 0.3 is 0 Å². The van der Waals surface area contributed by atoms with Crippen LogP contribution in [-0.2, 0) is 4.79 Å². The van der Waals surface area contributed by atoms with Crippen LogP contribution in [0.5, 0.6) is 0 Å². The molecule has 1 aromatic carbocycles. The summed E-state index contributed by atoms with van der Waals surface area (Å²) in [5, 5.41) is 5.82. The predicted molar refractivity (Wildman–Crippen MR) is 114 cm³/mol. The summed E-state index contributed by atoms with van der Waals surface area (Å²) in [5.41, 5.74) is 2.52. The molecule has 0 bridgehead atoms. The molecular weight excluding hydrogens is 411 g/mol. The van der Waals surface area contributed by atoms with Gasteiger partial charge < -0.3 is 9.80 Å². The van der Waals surface area contributed by atoms with Crippen LogP contribution in [0, 0.1) is 0 Å². The number of hydrogen-bond acceptors (Lipinski definition) is 5. The molecule has 29 heavy (non-hydrogen) atoms. The summed E-state index contributed by atoms with van der Waals surface area (Å²) < 4.78 is 1.67. The largest absolute Gasteiger partial charge is 0.336 e. The Balaban J connectivity index is 1.60.